The number of hydrogen-bond donors (Lipinski definition) is 0. The van der Waals surface area contributed by atoms with Crippen LogP contribution in [-0.2, 0) is 0 Å². The molecule has 0 saturated carbocycles. The highest BCUT2D eigenvalue weighted by Gasteiger charge is 2.16. The first kappa shape index (κ1) is 15.4. The molecule has 2 rings (SSSR count). The van der Waals surface area contributed by atoms with E-state index in [-0.39, 0.29) is 4.83 Å². The summed E-state index contributed by atoms with van der Waals surface area (Å²) < 4.78 is 11.8. The Morgan fingerprint density at radius 1 is 1.00 bits per heavy atom. The van der Waals surface area contributed by atoms with Crippen LogP contribution in [-0.4, -0.2) is 14.2 Å². The van der Waals surface area contributed by atoms with Crippen LogP contribution >= 0.6 is 31.9 Å². The van der Waals surface area contributed by atoms with Crippen LogP contribution in [0.1, 0.15) is 21.5 Å². The first-order chi connectivity index (χ1) is 9.56. The molecule has 106 valence electrons. The lowest BCUT2D eigenvalue weighted by atomic mass is 9.99. The second-order valence-electron chi connectivity index (χ2n) is 4.48. The highest BCUT2D eigenvalue weighted by atomic mass is 79.9. The second-order valence-corrected chi connectivity index (χ2v) is 6.31. The van der Waals surface area contributed by atoms with Crippen LogP contribution in [0.25, 0.3) is 0 Å². The molecular weight excluding hydrogens is 384 g/mol. The molecule has 0 spiro atoms. The van der Waals surface area contributed by atoms with Gasteiger partial charge in [-0.1, -0.05) is 44.0 Å². The summed E-state index contributed by atoms with van der Waals surface area (Å²) in [6.45, 7) is 2.07. The zero-order valence-corrected chi connectivity index (χ0v) is 14.8. The minimum Gasteiger partial charge on any atom is -0.493 e. The maximum absolute atomic E-state index is 5.39. The van der Waals surface area contributed by atoms with Gasteiger partial charge in [-0.25, -0.2) is 0 Å². The van der Waals surface area contributed by atoms with Crippen LogP contribution in [0.4, 0.5) is 0 Å². The van der Waals surface area contributed by atoms with E-state index in [1.807, 2.05) is 24.3 Å². The predicted molar refractivity (Wildman–Crippen MR) is 89.2 cm³/mol. The normalized spacial score (nSPS) is 12.1. The summed E-state index contributed by atoms with van der Waals surface area (Å²) in [7, 11) is 3.30. The predicted octanol–water partition coefficient (Wildman–Crippen LogP) is 5.26. The number of benzene rings is 2. The third kappa shape index (κ3) is 3.18. The van der Waals surface area contributed by atoms with Crippen molar-refractivity contribution in [3.63, 3.8) is 0 Å². The van der Waals surface area contributed by atoms with Gasteiger partial charge in [0, 0.05) is 4.47 Å². The summed E-state index contributed by atoms with van der Waals surface area (Å²) in [5.41, 5.74) is 3.51. The smallest absolute Gasteiger partial charge is 0.161 e. The Morgan fingerprint density at radius 3 is 2.25 bits per heavy atom. The number of rotatable bonds is 4. The van der Waals surface area contributed by atoms with Gasteiger partial charge in [0.15, 0.2) is 11.5 Å². The minimum absolute atomic E-state index is 0.111. The molecule has 4 heteroatoms. The standard InChI is InChI=1S/C16H16Br2O2/c1-10-7-14(19-2)15(20-3)9-13(10)16(18)11-5-4-6-12(17)8-11/h4-9,16H,1-3H3. The average Bonchev–Trinajstić information content (AvgIpc) is 2.46. The first-order valence-corrected chi connectivity index (χ1v) is 7.89. The maximum Gasteiger partial charge on any atom is 0.161 e. The monoisotopic (exact) mass is 398 g/mol. The van der Waals surface area contributed by atoms with Gasteiger partial charge in [0.05, 0.1) is 19.0 Å². The van der Waals surface area contributed by atoms with Crippen molar-refractivity contribution >= 4 is 31.9 Å². The van der Waals surface area contributed by atoms with Gasteiger partial charge in [0.25, 0.3) is 0 Å². The molecule has 20 heavy (non-hydrogen) atoms. The highest BCUT2D eigenvalue weighted by molar-refractivity contribution is 9.10. The molecule has 0 radical (unpaired) electrons. The Balaban J connectivity index is 2.46. The fourth-order valence-electron chi connectivity index (χ4n) is 2.11. The molecule has 2 aromatic carbocycles. The number of methoxy groups -OCH3 is 2. The molecule has 0 N–H and O–H groups in total. The molecule has 0 aromatic heterocycles. The average molecular weight is 400 g/mol. The molecule has 0 aliphatic rings. The number of ether oxygens (including phenoxy) is 2. The maximum atomic E-state index is 5.39. The molecule has 0 aliphatic heterocycles. The Labute approximate surface area is 136 Å². The third-order valence-corrected chi connectivity index (χ3v) is 4.70. The zero-order valence-electron chi connectivity index (χ0n) is 11.6. The number of aryl methyl sites for hydroxylation is 1. The van der Waals surface area contributed by atoms with Crippen molar-refractivity contribution in [3.8, 4) is 11.5 Å². The van der Waals surface area contributed by atoms with Crippen molar-refractivity contribution in [1.82, 2.24) is 0 Å². The quantitative estimate of drug-likeness (QED) is 0.653. The Morgan fingerprint density at radius 2 is 1.65 bits per heavy atom. The SMILES string of the molecule is COc1cc(C)c(C(Br)c2cccc(Br)c2)cc1OC. The largest absolute Gasteiger partial charge is 0.493 e. The van der Waals surface area contributed by atoms with E-state index in [2.05, 4.69) is 50.9 Å². The number of halogens is 2. The van der Waals surface area contributed by atoms with E-state index in [1.165, 1.54) is 11.1 Å². The molecule has 0 bridgehead atoms. The summed E-state index contributed by atoms with van der Waals surface area (Å²) in [5.74, 6) is 1.50. The van der Waals surface area contributed by atoms with Crippen LogP contribution in [0.2, 0.25) is 0 Å². The van der Waals surface area contributed by atoms with E-state index in [9.17, 15) is 0 Å². The molecule has 0 aliphatic carbocycles. The zero-order chi connectivity index (χ0) is 14.7. The molecule has 0 fully saturated rings. The summed E-state index contributed by atoms with van der Waals surface area (Å²) >= 11 is 7.28. The van der Waals surface area contributed by atoms with Gasteiger partial charge in [-0.2, -0.15) is 0 Å². The van der Waals surface area contributed by atoms with E-state index in [4.69, 9.17) is 9.47 Å². The van der Waals surface area contributed by atoms with E-state index in [0.29, 0.717) is 0 Å². The number of alkyl halides is 1. The molecule has 1 atom stereocenters. The lowest BCUT2D eigenvalue weighted by Crippen LogP contribution is -1.99. The van der Waals surface area contributed by atoms with Crippen LogP contribution < -0.4 is 9.47 Å². The third-order valence-electron chi connectivity index (χ3n) is 3.19. The Kier molecular flexibility index (Phi) is 5.11. The van der Waals surface area contributed by atoms with E-state index < -0.39 is 0 Å². The van der Waals surface area contributed by atoms with E-state index in [0.717, 1.165) is 21.5 Å². The molecule has 2 nitrogen and oxygen atoms in total. The van der Waals surface area contributed by atoms with Crippen LogP contribution in [0.15, 0.2) is 40.9 Å². The van der Waals surface area contributed by atoms with Gasteiger partial charge in [0.1, 0.15) is 0 Å². The molecule has 1 unspecified atom stereocenters. The molecule has 0 saturated heterocycles. The fraction of sp³-hybridized carbons (Fsp3) is 0.250. The van der Waals surface area contributed by atoms with Gasteiger partial charge >= 0.3 is 0 Å². The van der Waals surface area contributed by atoms with Crippen molar-refractivity contribution in [1.29, 1.82) is 0 Å². The van der Waals surface area contributed by atoms with E-state index >= 15 is 0 Å². The molecule has 2 aromatic rings. The van der Waals surface area contributed by atoms with Crippen LogP contribution in [0.5, 0.6) is 11.5 Å². The van der Waals surface area contributed by atoms with E-state index in [1.54, 1.807) is 14.2 Å². The lowest BCUT2D eigenvalue weighted by molar-refractivity contribution is 0.354. The first-order valence-electron chi connectivity index (χ1n) is 6.19. The molecule has 0 amide bonds. The fourth-order valence-corrected chi connectivity index (χ4v) is 3.31. The van der Waals surface area contributed by atoms with Gasteiger partial charge in [0.2, 0.25) is 0 Å². The molecular formula is C16H16Br2O2. The van der Waals surface area contributed by atoms with Crippen molar-refractivity contribution in [3.05, 3.63) is 57.6 Å². The summed E-state index contributed by atoms with van der Waals surface area (Å²) in [6.07, 6.45) is 0. The van der Waals surface area contributed by atoms with Crippen molar-refractivity contribution < 1.29 is 9.47 Å². The Bertz CT molecular complexity index is 611. The topological polar surface area (TPSA) is 18.5 Å². The van der Waals surface area contributed by atoms with Gasteiger partial charge < -0.3 is 9.47 Å². The summed E-state index contributed by atoms with van der Waals surface area (Å²) in [5, 5.41) is 0. The second kappa shape index (κ2) is 6.64. The summed E-state index contributed by atoms with van der Waals surface area (Å²) in [6, 6.07) is 12.3. The summed E-state index contributed by atoms with van der Waals surface area (Å²) in [4.78, 5) is 0.111. The highest BCUT2D eigenvalue weighted by Crippen LogP contribution is 2.39. The van der Waals surface area contributed by atoms with Gasteiger partial charge in [-0.3, -0.25) is 0 Å². The van der Waals surface area contributed by atoms with Crippen LogP contribution in [0.3, 0.4) is 0 Å². The molecule has 0 heterocycles. The van der Waals surface area contributed by atoms with Gasteiger partial charge in [-0.15, -0.1) is 0 Å². The Hall–Kier alpha value is -1.00. The van der Waals surface area contributed by atoms with Gasteiger partial charge in [-0.05, 0) is 47.9 Å². The van der Waals surface area contributed by atoms with Crippen molar-refractivity contribution in [2.75, 3.05) is 14.2 Å². The minimum atomic E-state index is 0.111. The van der Waals surface area contributed by atoms with Crippen LogP contribution in [0, 0.1) is 6.92 Å². The number of hydrogen-bond acceptors (Lipinski definition) is 2. The van der Waals surface area contributed by atoms with Crippen molar-refractivity contribution in [2.24, 2.45) is 0 Å². The lowest BCUT2D eigenvalue weighted by Gasteiger charge is -2.17. The van der Waals surface area contributed by atoms with Crippen molar-refractivity contribution in [2.45, 2.75) is 11.8 Å².